The number of nitrogens with zero attached hydrogens (tertiary/aromatic N) is 1. The molecular formula is C20H21NO5. The highest BCUT2D eigenvalue weighted by atomic mass is 16.5. The summed E-state index contributed by atoms with van der Waals surface area (Å²) >= 11 is 0. The van der Waals surface area contributed by atoms with Gasteiger partial charge in [0.1, 0.15) is 5.76 Å². The Labute approximate surface area is 151 Å². The van der Waals surface area contributed by atoms with E-state index < -0.39 is 0 Å². The molecule has 0 saturated carbocycles. The summed E-state index contributed by atoms with van der Waals surface area (Å²) in [4.78, 5) is 37.4. The van der Waals surface area contributed by atoms with E-state index in [1.165, 1.54) is 0 Å². The lowest BCUT2D eigenvalue weighted by molar-refractivity contribution is -0.149. The van der Waals surface area contributed by atoms with E-state index >= 15 is 0 Å². The van der Waals surface area contributed by atoms with Crippen molar-refractivity contribution in [2.24, 2.45) is 5.92 Å². The zero-order chi connectivity index (χ0) is 18.5. The Morgan fingerprint density at radius 2 is 1.92 bits per heavy atom. The maximum atomic E-state index is 13.0. The molecule has 26 heavy (non-hydrogen) atoms. The summed E-state index contributed by atoms with van der Waals surface area (Å²) in [6.45, 7) is 3.18. The van der Waals surface area contributed by atoms with Gasteiger partial charge in [0.25, 0.3) is 5.91 Å². The molecule has 0 radical (unpaired) electrons. The molecule has 3 rings (SSSR count). The van der Waals surface area contributed by atoms with Gasteiger partial charge in [0.05, 0.1) is 18.1 Å². The number of benzene rings is 1. The van der Waals surface area contributed by atoms with Crippen LogP contribution in [0.2, 0.25) is 0 Å². The molecule has 6 heteroatoms. The number of likely N-dealkylation sites (tertiary alicyclic amines) is 1. The lowest BCUT2D eigenvalue weighted by Gasteiger charge is -2.31. The van der Waals surface area contributed by atoms with Crippen molar-refractivity contribution in [2.75, 3.05) is 19.7 Å². The molecule has 2 heterocycles. The van der Waals surface area contributed by atoms with Gasteiger partial charge in [0.2, 0.25) is 0 Å². The van der Waals surface area contributed by atoms with Crippen molar-refractivity contribution in [3.63, 3.8) is 0 Å². The van der Waals surface area contributed by atoms with E-state index in [2.05, 4.69) is 0 Å². The van der Waals surface area contributed by atoms with Crippen molar-refractivity contribution >= 4 is 18.2 Å². The van der Waals surface area contributed by atoms with E-state index in [-0.39, 0.29) is 23.6 Å². The highest BCUT2D eigenvalue weighted by molar-refractivity contribution is 6.00. The van der Waals surface area contributed by atoms with Crippen LogP contribution in [-0.4, -0.2) is 42.8 Å². The van der Waals surface area contributed by atoms with Crippen molar-refractivity contribution in [2.45, 2.75) is 19.8 Å². The van der Waals surface area contributed by atoms with Crippen LogP contribution >= 0.6 is 0 Å². The lowest BCUT2D eigenvalue weighted by atomic mass is 9.95. The fourth-order valence-corrected chi connectivity index (χ4v) is 3.19. The molecule has 0 N–H and O–H groups in total. The van der Waals surface area contributed by atoms with E-state index in [1.807, 2.05) is 6.07 Å². The zero-order valence-electron chi connectivity index (χ0n) is 14.6. The van der Waals surface area contributed by atoms with Crippen molar-refractivity contribution in [3.05, 3.63) is 47.7 Å². The number of hydrogen-bond donors (Lipinski definition) is 0. The van der Waals surface area contributed by atoms with Gasteiger partial charge in [0.15, 0.2) is 12.0 Å². The molecule has 1 aromatic heterocycles. The Balaban J connectivity index is 1.75. The second-order valence-corrected chi connectivity index (χ2v) is 6.18. The van der Waals surface area contributed by atoms with Crippen molar-refractivity contribution in [1.82, 2.24) is 4.90 Å². The molecular weight excluding hydrogens is 334 g/mol. The molecule has 1 amide bonds. The van der Waals surface area contributed by atoms with Crippen LogP contribution < -0.4 is 0 Å². The fraction of sp³-hybridized carbons (Fsp3) is 0.350. The van der Waals surface area contributed by atoms with E-state index in [9.17, 15) is 14.4 Å². The number of piperidine rings is 1. The summed E-state index contributed by atoms with van der Waals surface area (Å²) in [6, 6.07) is 10.4. The van der Waals surface area contributed by atoms with Crippen LogP contribution in [0.15, 0.2) is 40.8 Å². The number of esters is 1. The highest BCUT2D eigenvalue weighted by Crippen LogP contribution is 2.28. The zero-order valence-corrected chi connectivity index (χ0v) is 14.6. The molecule has 0 atom stereocenters. The van der Waals surface area contributed by atoms with Crippen molar-refractivity contribution in [1.29, 1.82) is 0 Å². The van der Waals surface area contributed by atoms with Crippen LogP contribution in [0, 0.1) is 5.92 Å². The smallest absolute Gasteiger partial charge is 0.309 e. The minimum atomic E-state index is -0.183. The largest absolute Gasteiger partial charge is 0.466 e. The predicted molar refractivity (Wildman–Crippen MR) is 94.8 cm³/mol. The third-order valence-corrected chi connectivity index (χ3v) is 4.57. The molecule has 1 aliphatic rings. The summed E-state index contributed by atoms with van der Waals surface area (Å²) in [5, 5.41) is 0. The van der Waals surface area contributed by atoms with Gasteiger partial charge in [-0.05, 0) is 38.0 Å². The predicted octanol–water partition coefficient (Wildman–Crippen LogP) is 3.17. The third kappa shape index (κ3) is 3.69. The van der Waals surface area contributed by atoms with E-state index in [0.29, 0.717) is 55.7 Å². The van der Waals surface area contributed by atoms with E-state index in [0.717, 1.165) is 0 Å². The van der Waals surface area contributed by atoms with Crippen LogP contribution in [-0.2, 0) is 9.53 Å². The van der Waals surface area contributed by atoms with Crippen molar-refractivity contribution < 1.29 is 23.5 Å². The minimum Gasteiger partial charge on any atom is -0.466 e. The maximum absolute atomic E-state index is 13.0. The molecule has 0 bridgehead atoms. The highest BCUT2D eigenvalue weighted by Gasteiger charge is 2.29. The Morgan fingerprint density at radius 1 is 1.19 bits per heavy atom. The Morgan fingerprint density at radius 3 is 2.58 bits per heavy atom. The third-order valence-electron chi connectivity index (χ3n) is 4.57. The summed E-state index contributed by atoms with van der Waals surface area (Å²) in [7, 11) is 0. The summed E-state index contributed by atoms with van der Waals surface area (Å²) in [6.07, 6.45) is 1.83. The quantitative estimate of drug-likeness (QED) is 0.608. The average Bonchev–Trinajstić information content (AvgIpc) is 3.17. The van der Waals surface area contributed by atoms with E-state index in [1.54, 1.807) is 42.2 Å². The summed E-state index contributed by atoms with van der Waals surface area (Å²) < 4.78 is 10.5. The number of carbonyl (C=O) groups is 3. The van der Waals surface area contributed by atoms with Crippen LogP contribution in [0.4, 0.5) is 0 Å². The van der Waals surface area contributed by atoms with Crippen LogP contribution in [0.5, 0.6) is 0 Å². The molecule has 0 spiro atoms. The van der Waals surface area contributed by atoms with Gasteiger partial charge in [-0.15, -0.1) is 0 Å². The first-order chi connectivity index (χ1) is 12.6. The molecule has 6 nitrogen and oxygen atoms in total. The number of rotatable bonds is 5. The standard InChI is InChI=1S/C20H21NO5/c1-2-25-20(24)14-9-11-21(12-10-14)19(23)17-6-4-3-5-16(17)18-8-7-15(13-22)26-18/h3-8,13-14H,2,9-12H2,1H3. The molecule has 2 aromatic rings. The number of carbonyl (C=O) groups excluding carboxylic acids is 3. The number of hydrogen-bond acceptors (Lipinski definition) is 5. The van der Waals surface area contributed by atoms with Crippen molar-refractivity contribution in [3.8, 4) is 11.3 Å². The minimum absolute atomic E-state index is 0.105. The number of aldehydes is 1. The first-order valence-electron chi connectivity index (χ1n) is 8.74. The molecule has 1 aliphatic heterocycles. The summed E-state index contributed by atoms with van der Waals surface area (Å²) in [5.41, 5.74) is 1.17. The Hall–Kier alpha value is -2.89. The SMILES string of the molecule is CCOC(=O)C1CCN(C(=O)c2ccccc2-c2ccc(C=O)o2)CC1. The fourth-order valence-electron chi connectivity index (χ4n) is 3.19. The Bertz CT molecular complexity index is 802. The molecule has 0 unspecified atom stereocenters. The molecule has 0 aliphatic carbocycles. The van der Waals surface area contributed by atoms with Gasteiger partial charge < -0.3 is 14.1 Å². The average molecular weight is 355 g/mol. The Kier molecular flexibility index (Phi) is 5.51. The number of furan rings is 1. The molecule has 1 saturated heterocycles. The van der Waals surface area contributed by atoms with Gasteiger partial charge >= 0.3 is 5.97 Å². The van der Waals surface area contributed by atoms with Crippen LogP contribution in [0.1, 0.15) is 40.7 Å². The molecule has 1 fully saturated rings. The van der Waals surface area contributed by atoms with Crippen LogP contribution in [0.25, 0.3) is 11.3 Å². The van der Waals surface area contributed by atoms with Gasteiger partial charge in [-0.3, -0.25) is 14.4 Å². The maximum Gasteiger partial charge on any atom is 0.309 e. The first-order valence-corrected chi connectivity index (χ1v) is 8.74. The monoisotopic (exact) mass is 355 g/mol. The number of amides is 1. The van der Waals surface area contributed by atoms with Gasteiger partial charge in [-0.25, -0.2) is 0 Å². The molecule has 136 valence electrons. The number of ether oxygens (including phenoxy) is 1. The second-order valence-electron chi connectivity index (χ2n) is 6.18. The van der Waals surface area contributed by atoms with Gasteiger partial charge in [-0.2, -0.15) is 0 Å². The second kappa shape index (κ2) is 7.99. The topological polar surface area (TPSA) is 76.8 Å². The van der Waals surface area contributed by atoms with Crippen LogP contribution in [0.3, 0.4) is 0 Å². The lowest BCUT2D eigenvalue weighted by Crippen LogP contribution is -2.40. The molecule has 1 aromatic carbocycles. The van der Waals surface area contributed by atoms with E-state index in [4.69, 9.17) is 9.15 Å². The van der Waals surface area contributed by atoms with Gasteiger partial charge in [-0.1, -0.05) is 18.2 Å². The van der Waals surface area contributed by atoms with Gasteiger partial charge in [0, 0.05) is 18.7 Å². The first kappa shape index (κ1) is 17.9. The normalized spacial score (nSPS) is 14.9. The summed E-state index contributed by atoms with van der Waals surface area (Å²) in [5.74, 6) is 0.272.